The standard InChI is InChI=1S/C28H44.C2H6/c1-20(2)21(3)13-14-23(5)26-17-18-27-25(12-9-19-28(26,27)6)16-15-24-11-8-7-10-22(24)4;1-2/h13-16,20-21,23,26-27H,4,7-12,17-19H2,1-3,5-6H3;1-2H3/b14-13+,24-15-,25-16+;/t21-,23+,26?,27?,28?;/m0./s1. The maximum atomic E-state index is 4.32. The van der Waals surface area contributed by atoms with E-state index in [1.54, 1.807) is 5.57 Å². The van der Waals surface area contributed by atoms with E-state index in [1.165, 1.54) is 68.9 Å². The average molecular weight is 411 g/mol. The van der Waals surface area contributed by atoms with Crippen LogP contribution in [0.4, 0.5) is 0 Å². The Morgan fingerprint density at radius 1 is 0.900 bits per heavy atom. The van der Waals surface area contributed by atoms with Crippen molar-refractivity contribution in [2.45, 2.75) is 106 Å². The molecule has 3 unspecified atom stereocenters. The van der Waals surface area contributed by atoms with Gasteiger partial charge in [0.15, 0.2) is 0 Å². The fourth-order valence-electron chi connectivity index (χ4n) is 6.25. The van der Waals surface area contributed by atoms with E-state index in [0.29, 0.717) is 17.3 Å². The van der Waals surface area contributed by atoms with E-state index < -0.39 is 0 Å². The molecule has 0 saturated heterocycles. The third-order valence-electron chi connectivity index (χ3n) is 8.57. The molecule has 3 aliphatic carbocycles. The molecule has 0 bridgehead atoms. The minimum Gasteiger partial charge on any atom is -0.0956 e. The second-order valence-corrected chi connectivity index (χ2v) is 10.7. The van der Waals surface area contributed by atoms with Crippen molar-refractivity contribution in [1.82, 2.24) is 0 Å². The Bertz CT molecular complexity index is 643. The van der Waals surface area contributed by atoms with Crippen LogP contribution in [0.5, 0.6) is 0 Å². The zero-order valence-corrected chi connectivity index (χ0v) is 21.3. The number of rotatable bonds is 5. The van der Waals surface area contributed by atoms with Gasteiger partial charge in [-0.05, 0) is 98.4 Å². The normalized spacial score (nSPS) is 34.2. The van der Waals surface area contributed by atoms with Gasteiger partial charge in [-0.1, -0.05) is 90.5 Å². The molecule has 0 heterocycles. The van der Waals surface area contributed by atoms with Crippen LogP contribution in [0.15, 0.2) is 47.6 Å². The number of allylic oxidation sites excluding steroid dienone is 7. The quantitative estimate of drug-likeness (QED) is 0.396. The molecule has 0 nitrogen and oxygen atoms in total. The van der Waals surface area contributed by atoms with Crippen LogP contribution in [0.3, 0.4) is 0 Å². The Labute approximate surface area is 189 Å². The summed E-state index contributed by atoms with van der Waals surface area (Å²) in [6.07, 6.45) is 22.0. The number of hydrogen-bond acceptors (Lipinski definition) is 0. The summed E-state index contributed by atoms with van der Waals surface area (Å²) < 4.78 is 0. The summed E-state index contributed by atoms with van der Waals surface area (Å²) in [6.45, 7) is 20.4. The van der Waals surface area contributed by atoms with E-state index in [4.69, 9.17) is 0 Å². The fourth-order valence-corrected chi connectivity index (χ4v) is 6.25. The molecule has 0 aromatic heterocycles. The van der Waals surface area contributed by atoms with Crippen molar-refractivity contribution in [3.8, 4) is 0 Å². The topological polar surface area (TPSA) is 0 Å². The predicted octanol–water partition coefficient (Wildman–Crippen LogP) is 9.70. The van der Waals surface area contributed by atoms with Gasteiger partial charge >= 0.3 is 0 Å². The van der Waals surface area contributed by atoms with Gasteiger partial charge in [0.05, 0.1) is 0 Å². The van der Waals surface area contributed by atoms with Crippen molar-refractivity contribution in [2.75, 3.05) is 0 Å². The monoisotopic (exact) mass is 410 g/mol. The molecule has 0 aromatic rings. The lowest BCUT2D eigenvalue weighted by Crippen LogP contribution is -2.35. The zero-order valence-electron chi connectivity index (χ0n) is 21.3. The van der Waals surface area contributed by atoms with Crippen LogP contribution in [0.25, 0.3) is 0 Å². The van der Waals surface area contributed by atoms with Gasteiger partial charge in [-0.3, -0.25) is 0 Å². The summed E-state index contributed by atoms with van der Waals surface area (Å²) in [5, 5.41) is 0. The van der Waals surface area contributed by atoms with Crippen LogP contribution in [0, 0.1) is 35.0 Å². The molecule has 0 N–H and O–H groups in total. The highest BCUT2D eigenvalue weighted by molar-refractivity contribution is 5.35. The van der Waals surface area contributed by atoms with E-state index in [0.717, 1.165) is 17.8 Å². The summed E-state index contributed by atoms with van der Waals surface area (Å²) in [5.74, 6) is 3.77. The highest BCUT2D eigenvalue weighted by Crippen LogP contribution is 2.59. The molecule has 0 amide bonds. The first-order valence-corrected chi connectivity index (χ1v) is 13.1. The van der Waals surface area contributed by atoms with E-state index in [2.05, 4.69) is 65.5 Å². The lowest BCUT2D eigenvalue weighted by molar-refractivity contribution is 0.112. The van der Waals surface area contributed by atoms with Gasteiger partial charge in [-0.25, -0.2) is 0 Å². The number of fused-ring (bicyclic) bond motifs is 1. The second kappa shape index (κ2) is 11.5. The number of hydrogen-bond donors (Lipinski definition) is 0. The molecule has 3 aliphatic rings. The molecule has 30 heavy (non-hydrogen) atoms. The van der Waals surface area contributed by atoms with Crippen LogP contribution in [-0.2, 0) is 0 Å². The van der Waals surface area contributed by atoms with Gasteiger partial charge in [0.1, 0.15) is 0 Å². The molecule has 0 aromatic carbocycles. The summed E-state index contributed by atoms with van der Waals surface area (Å²) >= 11 is 0. The molecule has 3 saturated carbocycles. The minimum atomic E-state index is 0.497. The first kappa shape index (κ1) is 25.2. The molecular weight excluding hydrogens is 360 g/mol. The van der Waals surface area contributed by atoms with Crippen molar-refractivity contribution < 1.29 is 0 Å². The van der Waals surface area contributed by atoms with E-state index in [1.807, 2.05) is 13.8 Å². The first-order valence-electron chi connectivity index (χ1n) is 13.1. The van der Waals surface area contributed by atoms with E-state index >= 15 is 0 Å². The summed E-state index contributed by atoms with van der Waals surface area (Å²) in [5.41, 5.74) is 5.16. The molecule has 3 rings (SSSR count). The Morgan fingerprint density at radius 3 is 2.27 bits per heavy atom. The third kappa shape index (κ3) is 5.80. The summed E-state index contributed by atoms with van der Waals surface area (Å²) in [7, 11) is 0. The van der Waals surface area contributed by atoms with Crippen LogP contribution in [-0.4, -0.2) is 0 Å². The van der Waals surface area contributed by atoms with Gasteiger partial charge < -0.3 is 0 Å². The lowest BCUT2D eigenvalue weighted by atomic mass is 9.61. The van der Waals surface area contributed by atoms with Crippen molar-refractivity contribution in [3.05, 3.63) is 47.6 Å². The van der Waals surface area contributed by atoms with Gasteiger partial charge in [-0.2, -0.15) is 0 Å². The lowest BCUT2D eigenvalue weighted by Gasteiger charge is -2.44. The Hall–Kier alpha value is -1.04. The molecule has 3 fully saturated rings. The fraction of sp³-hybridized carbons (Fsp3) is 0.733. The molecular formula is C30H50. The van der Waals surface area contributed by atoms with Crippen molar-refractivity contribution >= 4 is 0 Å². The Morgan fingerprint density at radius 2 is 1.60 bits per heavy atom. The summed E-state index contributed by atoms with van der Waals surface area (Å²) in [6, 6.07) is 0. The van der Waals surface area contributed by atoms with Crippen LogP contribution in [0.2, 0.25) is 0 Å². The summed E-state index contributed by atoms with van der Waals surface area (Å²) in [4.78, 5) is 0. The molecule has 0 spiro atoms. The third-order valence-corrected chi connectivity index (χ3v) is 8.57. The van der Waals surface area contributed by atoms with Gasteiger partial charge in [0.25, 0.3) is 0 Å². The smallest absolute Gasteiger partial charge is 0.0143 e. The maximum Gasteiger partial charge on any atom is -0.0143 e. The van der Waals surface area contributed by atoms with Crippen molar-refractivity contribution in [1.29, 1.82) is 0 Å². The molecule has 0 aliphatic heterocycles. The molecule has 0 radical (unpaired) electrons. The largest absolute Gasteiger partial charge is 0.0956 e. The zero-order chi connectivity index (χ0) is 22.3. The average Bonchev–Trinajstić information content (AvgIpc) is 3.10. The Balaban J connectivity index is 0.00000155. The van der Waals surface area contributed by atoms with Crippen molar-refractivity contribution in [3.63, 3.8) is 0 Å². The van der Waals surface area contributed by atoms with Crippen LogP contribution < -0.4 is 0 Å². The second-order valence-electron chi connectivity index (χ2n) is 10.7. The minimum absolute atomic E-state index is 0.497. The predicted molar refractivity (Wildman–Crippen MR) is 136 cm³/mol. The highest BCUT2D eigenvalue weighted by atomic mass is 14.5. The highest BCUT2D eigenvalue weighted by Gasteiger charge is 2.50. The molecule has 0 heteroatoms. The van der Waals surface area contributed by atoms with Crippen molar-refractivity contribution in [2.24, 2.45) is 35.0 Å². The first-order chi connectivity index (χ1) is 14.3. The van der Waals surface area contributed by atoms with Crippen LogP contribution in [0.1, 0.15) is 106 Å². The van der Waals surface area contributed by atoms with Crippen LogP contribution >= 0.6 is 0 Å². The van der Waals surface area contributed by atoms with E-state index in [-0.39, 0.29) is 0 Å². The molecule has 5 atom stereocenters. The SMILES string of the molecule is C=C1CCCC/C1=C/C=C1\CCCC2(C)C1CCC2[C@H](C)/C=C/[C@H](C)C(C)C.CC. The van der Waals surface area contributed by atoms with Gasteiger partial charge in [0, 0.05) is 0 Å². The van der Waals surface area contributed by atoms with E-state index in [9.17, 15) is 0 Å². The Kier molecular flexibility index (Phi) is 9.70. The van der Waals surface area contributed by atoms with Gasteiger partial charge in [-0.15, -0.1) is 0 Å². The van der Waals surface area contributed by atoms with Gasteiger partial charge in [0.2, 0.25) is 0 Å². The maximum absolute atomic E-state index is 4.32. The molecule has 170 valence electrons.